The average molecular weight is 222 g/mol. The predicted octanol–water partition coefficient (Wildman–Crippen LogP) is 1.13. The van der Waals surface area contributed by atoms with Gasteiger partial charge in [-0.1, -0.05) is 12.2 Å². The molecule has 0 atom stereocenters. The molecule has 3 nitrogen and oxygen atoms in total. The van der Waals surface area contributed by atoms with E-state index in [1.165, 1.54) is 0 Å². The smallest absolute Gasteiger partial charge is 0.0594 e. The Labute approximate surface area is 95.1 Å². The highest BCUT2D eigenvalue weighted by Crippen LogP contribution is 2.04. The van der Waals surface area contributed by atoms with E-state index in [-0.39, 0.29) is 0 Å². The Bertz CT molecular complexity index is 323. The molecule has 0 aromatic carbocycles. The van der Waals surface area contributed by atoms with Gasteiger partial charge in [-0.2, -0.15) is 0 Å². The van der Waals surface area contributed by atoms with Crippen LogP contribution in [0.5, 0.6) is 0 Å². The van der Waals surface area contributed by atoms with Crippen molar-refractivity contribution in [3.8, 4) is 0 Å². The van der Waals surface area contributed by atoms with Gasteiger partial charge in [0.2, 0.25) is 0 Å². The van der Waals surface area contributed by atoms with E-state index in [0.29, 0.717) is 0 Å². The second kappa shape index (κ2) is 5.30. The van der Waals surface area contributed by atoms with Crippen molar-refractivity contribution in [3.63, 3.8) is 0 Å². The summed E-state index contributed by atoms with van der Waals surface area (Å²) in [4.78, 5) is 7.29. The number of morpholine rings is 1. The number of hydrogen-bond acceptors (Lipinski definition) is 4. The van der Waals surface area contributed by atoms with E-state index in [0.717, 1.165) is 43.3 Å². The maximum absolute atomic E-state index is 5.39. The van der Waals surface area contributed by atoms with Gasteiger partial charge in [0.25, 0.3) is 0 Å². The lowest BCUT2D eigenvalue weighted by Crippen LogP contribution is -2.39. The summed E-state index contributed by atoms with van der Waals surface area (Å²) in [5.41, 5.74) is 1.10. The van der Waals surface area contributed by atoms with Gasteiger partial charge >= 0.3 is 0 Å². The lowest BCUT2D eigenvalue weighted by molar-refractivity contribution is 0.0455. The quantitative estimate of drug-likeness (QED) is 0.565. The molecule has 1 aromatic heterocycles. The molecule has 0 N–H and O–H groups in total. The third kappa shape index (κ3) is 3.06. The number of thiocarbonyl (C=S) groups is 1. The number of hydrogen-bond donors (Lipinski definition) is 0. The van der Waals surface area contributed by atoms with E-state index in [9.17, 15) is 0 Å². The van der Waals surface area contributed by atoms with Crippen LogP contribution in [-0.2, 0) is 4.74 Å². The Morgan fingerprint density at radius 1 is 1.33 bits per heavy atom. The summed E-state index contributed by atoms with van der Waals surface area (Å²) in [7, 11) is 0. The third-order valence-electron chi connectivity index (χ3n) is 2.47. The van der Waals surface area contributed by atoms with Crippen LogP contribution in [0.3, 0.4) is 0 Å². The van der Waals surface area contributed by atoms with Gasteiger partial charge in [-0.15, -0.1) is 0 Å². The maximum atomic E-state index is 5.39. The fourth-order valence-electron chi connectivity index (χ4n) is 1.59. The van der Waals surface area contributed by atoms with E-state index in [1.807, 2.05) is 12.1 Å². The fourth-order valence-corrected chi connectivity index (χ4v) is 1.91. The molecule has 0 saturated carbocycles. The molecule has 1 fully saturated rings. The van der Waals surface area contributed by atoms with Crippen LogP contribution in [0.15, 0.2) is 24.5 Å². The van der Waals surface area contributed by atoms with E-state index in [2.05, 4.69) is 9.88 Å². The van der Waals surface area contributed by atoms with Gasteiger partial charge in [0, 0.05) is 36.9 Å². The van der Waals surface area contributed by atoms with Gasteiger partial charge in [-0.25, -0.2) is 0 Å². The number of pyridine rings is 1. The first-order chi connectivity index (χ1) is 7.36. The van der Waals surface area contributed by atoms with Crippen molar-refractivity contribution in [1.29, 1.82) is 0 Å². The normalized spacial score (nSPS) is 17.6. The number of ether oxygens (including phenoxy) is 1. The Balaban J connectivity index is 1.91. The summed E-state index contributed by atoms with van der Waals surface area (Å²) in [6.45, 7) is 4.44. The summed E-state index contributed by atoms with van der Waals surface area (Å²) < 4.78 is 5.29. The third-order valence-corrected chi connectivity index (χ3v) is 2.84. The van der Waals surface area contributed by atoms with Crippen LogP contribution < -0.4 is 0 Å². The zero-order valence-corrected chi connectivity index (χ0v) is 9.37. The Morgan fingerprint density at radius 2 is 2.00 bits per heavy atom. The molecule has 0 amide bonds. The van der Waals surface area contributed by atoms with Crippen molar-refractivity contribution in [2.45, 2.75) is 0 Å². The minimum Gasteiger partial charge on any atom is -0.379 e. The molecule has 1 aromatic rings. The number of rotatable bonds is 3. The van der Waals surface area contributed by atoms with Crippen molar-refractivity contribution >= 4 is 17.1 Å². The average Bonchev–Trinajstić information content (AvgIpc) is 2.31. The van der Waals surface area contributed by atoms with E-state index >= 15 is 0 Å². The molecule has 1 saturated heterocycles. The van der Waals surface area contributed by atoms with Crippen molar-refractivity contribution in [2.75, 3.05) is 32.8 Å². The molecule has 4 heteroatoms. The first kappa shape index (κ1) is 10.7. The highest BCUT2D eigenvalue weighted by molar-refractivity contribution is 7.80. The fraction of sp³-hybridized carbons (Fsp3) is 0.455. The molecule has 80 valence electrons. The molecule has 2 heterocycles. The number of aromatic nitrogens is 1. The van der Waals surface area contributed by atoms with Gasteiger partial charge in [0.1, 0.15) is 0 Å². The van der Waals surface area contributed by atoms with Crippen molar-refractivity contribution in [3.05, 3.63) is 30.1 Å². The SMILES string of the molecule is S=C(CN1CCOCC1)c1ccncc1. The van der Waals surface area contributed by atoms with Crippen LogP contribution in [0.4, 0.5) is 0 Å². The van der Waals surface area contributed by atoms with Gasteiger partial charge in [-0.05, 0) is 17.7 Å². The van der Waals surface area contributed by atoms with Crippen molar-refractivity contribution in [1.82, 2.24) is 9.88 Å². The first-order valence-corrected chi connectivity index (χ1v) is 5.50. The lowest BCUT2D eigenvalue weighted by Gasteiger charge is -2.26. The van der Waals surface area contributed by atoms with E-state index in [1.54, 1.807) is 12.4 Å². The van der Waals surface area contributed by atoms with Gasteiger partial charge in [0.05, 0.1) is 13.2 Å². The second-order valence-corrected chi connectivity index (χ2v) is 4.04. The molecule has 0 unspecified atom stereocenters. The zero-order chi connectivity index (χ0) is 10.5. The van der Waals surface area contributed by atoms with E-state index < -0.39 is 0 Å². The topological polar surface area (TPSA) is 25.4 Å². The van der Waals surface area contributed by atoms with Crippen LogP contribution in [0.2, 0.25) is 0 Å². The van der Waals surface area contributed by atoms with Gasteiger partial charge in [-0.3, -0.25) is 9.88 Å². The summed E-state index contributed by atoms with van der Waals surface area (Å²) >= 11 is 5.39. The Hall–Kier alpha value is -0.840. The summed E-state index contributed by atoms with van der Waals surface area (Å²) in [6, 6.07) is 3.92. The summed E-state index contributed by atoms with van der Waals surface area (Å²) in [5.74, 6) is 0. The molecule has 2 rings (SSSR count). The zero-order valence-electron chi connectivity index (χ0n) is 8.56. The van der Waals surface area contributed by atoms with E-state index in [4.69, 9.17) is 17.0 Å². The molecule has 1 aliphatic heterocycles. The lowest BCUT2D eigenvalue weighted by atomic mass is 10.2. The highest BCUT2D eigenvalue weighted by atomic mass is 32.1. The predicted molar refractivity (Wildman–Crippen MR) is 63.2 cm³/mol. The standard InChI is InChI=1S/C11H14N2OS/c15-11(10-1-3-12-4-2-10)9-13-5-7-14-8-6-13/h1-4H,5-9H2. The Morgan fingerprint density at radius 3 is 2.67 bits per heavy atom. The van der Waals surface area contributed by atoms with Crippen molar-refractivity contribution in [2.24, 2.45) is 0 Å². The molecule has 0 bridgehead atoms. The highest BCUT2D eigenvalue weighted by Gasteiger charge is 2.12. The molecule has 1 aliphatic rings. The van der Waals surface area contributed by atoms with Crippen LogP contribution >= 0.6 is 12.2 Å². The van der Waals surface area contributed by atoms with Crippen LogP contribution in [-0.4, -0.2) is 47.6 Å². The maximum Gasteiger partial charge on any atom is 0.0594 e. The molecule has 0 aliphatic carbocycles. The molecular weight excluding hydrogens is 208 g/mol. The van der Waals surface area contributed by atoms with Gasteiger partial charge < -0.3 is 4.74 Å². The summed E-state index contributed by atoms with van der Waals surface area (Å²) in [6.07, 6.45) is 3.56. The molecule has 0 radical (unpaired) electrons. The molecular formula is C11H14N2OS. The van der Waals surface area contributed by atoms with Crippen molar-refractivity contribution < 1.29 is 4.74 Å². The van der Waals surface area contributed by atoms with Crippen LogP contribution in [0.1, 0.15) is 5.56 Å². The van der Waals surface area contributed by atoms with Crippen LogP contribution in [0, 0.1) is 0 Å². The van der Waals surface area contributed by atoms with Crippen LogP contribution in [0.25, 0.3) is 0 Å². The van der Waals surface area contributed by atoms with Gasteiger partial charge in [0.15, 0.2) is 0 Å². The molecule has 15 heavy (non-hydrogen) atoms. The minimum atomic E-state index is 0.818. The molecule has 0 spiro atoms. The second-order valence-electron chi connectivity index (χ2n) is 3.55. The summed E-state index contributed by atoms with van der Waals surface area (Å²) in [5, 5.41) is 0. The monoisotopic (exact) mass is 222 g/mol. The first-order valence-electron chi connectivity index (χ1n) is 5.09. The Kier molecular flexibility index (Phi) is 3.77. The minimum absolute atomic E-state index is 0.818. The number of nitrogens with zero attached hydrogens (tertiary/aromatic N) is 2. The largest absolute Gasteiger partial charge is 0.379 e.